The second-order valence-electron chi connectivity index (χ2n) is 7.15. The van der Waals surface area contributed by atoms with E-state index < -0.39 is 15.8 Å². The van der Waals surface area contributed by atoms with Crippen LogP contribution >= 0.6 is 11.6 Å². The summed E-state index contributed by atoms with van der Waals surface area (Å²) in [5, 5.41) is 8.24. The Morgan fingerprint density at radius 2 is 2.06 bits per heavy atom. The van der Waals surface area contributed by atoms with Crippen molar-refractivity contribution < 1.29 is 22.0 Å². The summed E-state index contributed by atoms with van der Waals surface area (Å²) < 4.78 is 52.8. The zero-order chi connectivity index (χ0) is 22.0. The summed E-state index contributed by atoms with van der Waals surface area (Å²) in [5.74, 6) is 0.0630. The van der Waals surface area contributed by atoms with Crippen molar-refractivity contribution in [1.29, 1.82) is 0 Å². The molecule has 0 aliphatic carbocycles. The van der Waals surface area contributed by atoms with Crippen LogP contribution in [0, 0.1) is 5.82 Å². The van der Waals surface area contributed by atoms with E-state index in [1.54, 1.807) is 24.3 Å². The van der Waals surface area contributed by atoms with E-state index in [2.05, 4.69) is 10.2 Å². The van der Waals surface area contributed by atoms with Gasteiger partial charge in [0.15, 0.2) is 0 Å². The van der Waals surface area contributed by atoms with Crippen molar-refractivity contribution in [3.63, 3.8) is 0 Å². The fraction of sp³-hybridized carbons (Fsp3) is 0.333. The smallest absolute Gasteiger partial charge is 0.250 e. The molecule has 1 aromatic heterocycles. The molecule has 0 saturated carbocycles. The fourth-order valence-corrected chi connectivity index (χ4v) is 5.42. The molecule has 3 aromatic rings. The molecule has 0 unspecified atom stereocenters. The van der Waals surface area contributed by atoms with Gasteiger partial charge in [0.1, 0.15) is 11.6 Å². The fourth-order valence-electron chi connectivity index (χ4n) is 3.57. The first-order valence-electron chi connectivity index (χ1n) is 9.91. The molecule has 4 rings (SSSR count). The standard InChI is InChI=1S/C21H21ClFN3O4S/c1-2-29-19-10-9-15(12-17(19)22)31(27,28)26-11-5-6-14(13-26)20-24-25-21(30-20)16-7-3-4-8-18(16)23/h3-4,7-10,12,14H,2,5-6,11,13H2,1H3/t14-/m0/s1. The number of hydrogen-bond acceptors (Lipinski definition) is 6. The van der Waals surface area contributed by atoms with E-state index in [1.807, 2.05) is 6.92 Å². The molecule has 0 amide bonds. The number of ether oxygens (including phenoxy) is 1. The normalized spacial score (nSPS) is 17.6. The number of hydrogen-bond donors (Lipinski definition) is 0. The molecule has 0 bridgehead atoms. The Bertz CT molecular complexity index is 1180. The lowest BCUT2D eigenvalue weighted by molar-refractivity contribution is 0.286. The van der Waals surface area contributed by atoms with Gasteiger partial charge in [-0.3, -0.25) is 0 Å². The molecule has 2 heterocycles. The van der Waals surface area contributed by atoms with E-state index in [-0.39, 0.29) is 33.8 Å². The van der Waals surface area contributed by atoms with Crippen molar-refractivity contribution in [2.45, 2.75) is 30.6 Å². The van der Waals surface area contributed by atoms with Crippen LogP contribution in [0.15, 0.2) is 51.8 Å². The van der Waals surface area contributed by atoms with E-state index in [1.165, 1.54) is 22.5 Å². The summed E-state index contributed by atoms with van der Waals surface area (Å²) in [7, 11) is -3.77. The second kappa shape index (κ2) is 8.94. The lowest BCUT2D eigenvalue weighted by atomic mass is 10.00. The summed E-state index contributed by atoms with van der Waals surface area (Å²) in [6.07, 6.45) is 1.32. The molecule has 1 atom stereocenters. The van der Waals surface area contributed by atoms with Gasteiger partial charge in [-0.15, -0.1) is 10.2 Å². The van der Waals surface area contributed by atoms with Crippen molar-refractivity contribution in [1.82, 2.24) is 14.5 Å². The Balaban J connectivity index is 1.55. The molecule has 0 spiro atoms. The van der Waals surface area contributed by atoms with Crippen LogP contribution in [0.5, 0.6) is 5.75 Å². The zero-order valence-electron chi connectivity index (χ0n) is 16.8. The van der Waals surface area contributed by atoms with E-state index in [0.29, 0.717) is 37.6 Å². The quantitative estimate of drug-likeness (QED) is 0.533. The third kappa shape index (κ3) is 4.44. The van der Waals surface area contributed by atoms with Crippen molar-refractivity contribution >= 4 is 21.6 Å². The van der Waals surface area contributed by atoms with Crippen molar-refractivity contribution in [3.8, 4) is 17.2 Å². The highest BCUT2D eigenvalue weighted by atomic mass is 35.5. The van der Waals surface area contributed by atoms with Crippen LogP contribution < -0.4 is 4.74 Å². The maximum Gasteiger partial charge on any atom is 0.250 e. The number of rotatable bonds is 6. The van der Waals surface area contributed by atoms with E-state index >= 15 is 0 Å². The molecule has 0 N–H and O–H groups in total. The first kappa shape index (κ1) is 21.7. The predicted octanol–water partition coefficient (Wildman–Crippen LogP) is 4.50. The number of nitrogens with zero attached hydrogens (tertiary/aromatic N) is 3. The van der Waals surface area contributed by atoms with E-state index in [0.717, 1.165) is 0 Å². The summed E-state index contributed by atoms with van der Waals surface area (Å²) in [4.78, 5) is 0.0965. The van der Waals surface area contributed by atoms with Gasteiger partial charge in [0.25, 0.3) is 5.89 Å². The molecule has 7 nitrogen and oxygen atoms in total. The van der Waals surface area contributed by atoms with Crippen molar-refractivity contribution in [2.24, 2.45) is 0 Å². The molecule has 31 heavy (non-hydrogen) atoms. The number of aromatic nitrogens is 2. The van der Waals surface area contributed by atoms with Gasteiger partial charge in [0, 0.05) is 13.1 Å². The molecule has 1 saturated heterocycles. The lowest BCUT2D eigenvalue weighted by Crippen LogP contribution is -2.39. The van der Waals surface area contributed by atoms with Gasteiger partial charge in [-0.1, -0.05) is 23.7 Å². The molecule has 164 valence electrons. The second-order valence-corrected chi connectivity index (χ2v) is 9.50. The third-order valence-corrected chi connectivity index (χ3v) is 7.28. The van der Waals surface area contributed by atoms with E-state index in [4.69, 9.17) is 20.8 Å². The van der Waals surface area contributed by atoms with Crippen LogP contribution in [-0.4, -0.2) is 42.6 Å². The SMILES string of the molecule is CCOc1ccc(S(=O)(=O)N2CCC[C@H](c3nnc(-c4ccccc4F)o3)C2)cc1Cl. The zero-order valence-corrected chi connectivity index (χ0v) is 18.4. The van der Waals surface area contributed by atoms with Gasteiger partial charge in [0.2, 0.25) is 15.9 Å². The Kier molecular flexibility index (Phi) is 6.27. The van der Waals surface area contributed by atoms with E-state index in [9.17, 15) is 12.8 Å². The maximum atomic E-state index is 14.0. The topological polar surface area (TPSA) is 85.5 Å². The number of sulfonamides is 1. The highest BCUT2D eigenvalue weighted by Gasteiger charge is 2.33. The van der Waals surface area contributed by atoms with Gasteiger partial charge in [-0.2, -0.15) is 4.31 Å². The highest BCUT2D eigenvalue weighted by molar-refractivity contribution is 7.89. The Hall–Kier alpha value is -2.49. The average molecular weight is 466 g/mol. The van der Waals surface area contributed by atoms with Gasteiger partial charge >= 0.3 is 0 Å². The molecule has 1 aliphatic rings. The summed E-state index contributed by atoms with van der Waals surface area (Å²) in [6.45, 7) is 2.81. The van der Waals surface area contributed by atoms with Crippen LogP contribution in [0.1, 0.15) is 31.6 Å². The third-order valence-electron chi connectivity index (χ3n) is 5.12. The molecular formula is C21H21ClFN3O4S. The molecule has 0 radical (unpaired) electrons. The minimum Gasteiger partial charge on any atom is -0.492 e. The van der Waals surface area contributed by atoms with Gasteiger partial charge in [-0.25, -0.2) is 12.8 Å². The summed E-state index contributed by atoms with van der Waals surface area (Å²) >= 11 is 6.18. The first-order valence-corrected chi connectivity index (χ1v) is 11.7. The summed E-state index contributed by atoms with van der Waals surface area (Å²) in [6, 6.07) is 10.6. The van der Waals surface area contributed by atoms with Crippen LogP contribution in [0.25, 0.3) is 11.5 Å². The molecule has 10 heteroatoms. The average Bonchev–Trinajstić information content (AvgIpc) is 3.26. The van der Waals surface area contributed by atoms with Gasteiger partial charge in [0.05, 0.1) is 28.0 Å². The molecular weight excluding hydrogens is 445 g/mol. The minimum absolute atomic E-state index is 0.0753. The first-order chi connectivity index (χ1) is 14.9. The maximum absolute atomic E-state index is 14.0. The van der Waals surface area contributed by atoms with Crippen LogP contribution in [-0.2, 0) is 10.0 Å². The largest absolute Gasteiger partial charge is 0.492 e. The Labute approximate surface area is 184 Å². The van der Waals surface area contributed by atoms with Crippen molar-refractivity contribution in [3.05, 3.63) is 59.2 Å². The lowest BCUT2D eigenvalue weighted by Gasteiger charge is -2.30. The number of piperidine rings is 1. The monoisotopic (exact) mass is 465 g/mol. The predicted molar refractivity (Wildman–Crippen MR) is 113 cm³/mol. The summed E-state index contributed by atoms with van der Waals surface area (Å²) in [5.41, 5.74) is 0.213. The van der Waals surface area contributed by atoms with Gasteiger partial charge in [-0.05, 0) is 50.1 Å². The Morgan fingerprint density at radius 3 is 2.81 bits per heavy atom. The number of benzene rings is 2. The molecule has 2 aromatic carbocycles. The van der Waals surface area contributed by atoms with Crippen LogP contribution in [0.3, 0.4) is 0 Å². The van der Waals surface area contributed by atoms with Crippen LogP contribution in [0.4, 0.5) is 4.39 Å². The van der Waals surface area contributed by atoms with Crippen molar-refractivity contribution in [2.75, 3.05) is 19.7 Å². The molecule has 1 aliphatic heterocycles. The molecule has 1 fully saturated rings. The van der Waals surface area contributed by atoms with Gasteiger partial charge < -0.3 is 9.15 Å². The minimum atomic E-state index is -3.77. The Morgan fingerprint density at radius 1 is 1.26 bits per heavy atom. The highest BCUT2D eigenvalue weighted by Crippen LogP contribution is 2.33. The van der Waals surface area contributed by atoms with Crippen LogP contribution in [0.2, 0.25) is 5.02 Å². The number of halogens is 2.